The summed E-state index contributed by atoms with van der Waals surface area (Å²) in [6, 6.07) is 2.10. The van der Waals surface area contributed by atoms with Gasteiger partial charge in [0.05, 0.1) is 34.7 Å². The molecular weight excluding hydrogens is 389 g/mol. The van der Waals surface area contributed by atoms with Crippen LogP contribution in [0, 0.1) is 5.92 Å². The maximum absolute atomic E-state index is 13.1. The molecule has 27 heavy (non-hydrogen) atoms. The van der Waals surface area contributed by atoms with Crippen LogP contribution in [0.5, 0.6) is 0 Å². The molecule has 0 bridgehead atoms. The SMILES string of the molecule is O=C(O)C1CCN(C2CC(=O)N(c3ccc(Cl)c(C(F)(F)F)c3)C2=O)CC1. The Morgan fingerprint density at radius 3 is 2.37 bits per heavy atom. The summed E-state index contributed by atoms with van der Waals surface area (Å²) >= 11 is 5.59. The number of alkyl halides is 3. The van der Waals surface area contributed by atoms with Gasteiger partial charge in [-0.05, 0) is 44.1 Å². The molecule has 2 fully saturated rings. The molecule has 146 valence electrons. The number of anilines is 1. The van der Waals surface area contributed by atoms with Gasteiger partial charge >= 0.3 is 12.1 Å². The molecule has 0 aliphatic carbocycles. The summed E-state index contributed by atoms with van der Waals surface area (Å²) in [5.74, 6) is -2.59. The van der Waals surface area contributed by atoms with Crippen LogP contribution in [-0.2, 0) is 20.6 Å². The van der Waals surface area contributed by atoms with E-state index in [1.165, 1.54) is 6.07 Å². The van der Waals surface area contributed by atoms with Gasteiger partial charge in [-0.3, -0.25) is 19.3 Å². The Morgan fingerprint density at radius 1 is 1.19 bits per heavy atom. The predicted molar refractivity (Wildman–Crippen MR) is 89.3 cm³/mol. The van der Waals surface area contributed by atoms with Crippen molar-refractivity contribution in [2.75, 3.05) is 18.0 Å². The Labute approximate surface area is 157 Å². The van der Waals surface area contributed by atoms with Gasteiger partial charge in [-0.2, -0.15) is 13.2 Å². The van der Waals surface area contributed by atoms with E-state index in [0.29, 0.717) is 32.0 Å². The normalized spacial score (nSPS) is 22.5. The van der Waals surface area contributed by atoms with Gasteiger partial charge in [-0.1, -0.05) is 11.6 Å². The first-order valence-corrected chi connectivity index (χ1v) is 8.68. The molecule has 2 aliphatic rings. The number of piperidine rings is 1. The van der Waals surface area contributed by atoms with Crippen molar-refractivity contribution in [3.63, 3.8) is 0 Å². The van der Waals surface area contributed by atoms with Crippen molar-refractivity contribution in [2.24, 2.45) is 5.92 Å². The zero-order chi connectivity index (χ0) is 19.9. The number of hydrogen-bond acceptors (Lipinski definition) is 4. The van der Waals surface area contributed by atoms with Crippen LogP contribution >= 0.6 is 11.6 Å². The van der Waals surface area contributed by atoms with Crippen LogP contribution in [0.3, 0.4) is 0 Å². The average Bonchev–Trinajstić information content (AvgIpc) is 2.89. The molecule has 6 nitrogen and oxygen atoms in total. The maximum Gasteiger partial charge on any atom is 0.417 e. The highest BCUT2D eigenvalue weighted by Crippen LogP contribution is 2.38. The van der Waals surface area contributed by atoms with Gasteiger partial charge in [-0.15, -0.1) is 0 Å². The molecule has 1 unspecified atom stereocenters. The van der Waals surface area contributed by atoms with Gasteiger partial charge < -0.3 is 5.11 Å². The minimum atomic E-state index is -4.71. The minimum Gasteiger partial charge on any atom is -0.481 e. The number of halogens is 4. The van der Waals surface area contributed by atoms with E-state index in [4.69, 9.17) is 16.7 Å². The fraction of sp³-hybridized carbons (Fsp3) is 0.471. The number of aliphatic carboxylic acids is 1. The van der Waals surface area contributed by atoms with Crippen molar-refractivity contribution >= 4 is 35.1 Å². The number of likely N-dealkylation sites (tertiary alicyclic amines) is 1. The third-order valence-corrected chi connectivity index (χ3v) is 5.29. The molecule has 0 aromatic heterocycles. The van der Waals surface area contributed by atoms with Gasteiger partial charge in [0.15, 0.2) is 0 Å². The molecule has 3 rings (SSSR count). The number of benzene rings is 1. The smallest absolute Gasteiger partial charge is 0.417 e. The maximum atomic E-state index is 13.1. The van der Waals surface area contributed by atoms with E-state index in [-0.39, 0.29) is 12.1 Å². The summed E-state index contributed by atoms with van der Waals surface area (Å²) in [7, 11) is 0. The highest BCUT2D eigenvalue weighted by atomic mass is 35.5. The zero-order valence-electron chi connectivity index (χ0n) is 14.0. The molecule has 0 saturated carbocycles. The second-order valence-electron chi connectivity index (χ2n) is 6.60. The standard InChI is InChI=1S/C17H16ClF3N2O4/c18-12-2-1-10(7-11(12)17(19,20)21)23-14(24)8-13(15(23)25)22-5-3-9(4-6-22)16(26)27/h1-2,7,9,13H,3-6,8H2,(H,26,27). The molecule has 2 heterocycles. The number of carboxylic acid groups (broad SMARTS) is 1. The van der Waals surface area contributed by atoms with Crippen molar-refractivity contribution in [1.29, 1.82) is 0 Å². The van der Waals surface area contributed by atoms with E-state index in [2.05, 4.69) is 0 Å². The van der Waals surface area contributed by atoms with Crippen molar-refractivity contribution in [3.8, 4) is 0 Å². The van der Waals surface area contributed by atoms with Gasteiger partial charge in [0, 0.05) is 0 Å². The number of carbonyl (C=O) groups is 3. The van der Waals surface area contributed by atoms with Gasteiger partial charge in [0.1, 0.15) is 0 Å². The molecule has 10 heteroatoms. The lowest BCUT2D eigenvalue weighted by Crippen LogP contribution is -2.46. The number of nitrogens with zero attached hydrogens (tertiary/aromatic N) is 2. The van der Waals surface area contributed by atoms with E-state index < -0.39 is 46.5 Å². The topological polar surface area (TPSA) is 77.9 Å². The molecule has 0 radical (unpaired) electrons. The summed E-state index contributed by atoms with van der Waals surface area (Å²) < 4.78 is 39.2. The first-order valence-electron chi connectivity index (χ1n) is 8.30. The van der Waals surface area contributed by atoms with Crippen LogP contribution in [0.2, 0.25) is 5.02 Å². The molecular formula is C17H16ClF3N2O4. The highest BCUT2D eigenvalue weighted by molar-refractivity contribution is 6.31. The van der Waals surface area contributed by atoms with Crippen molar-refractivity contribution in [2.45, 2.75) is 31.5 Å². The number of carbonyl (C=O) groups excluding carboxylic acids is 2. The third kappa shape index (κ3) is 3.79. The van der Waals surface area contributed by atoms with E-state index in [1.807, 2.05) is 0 Å². The molecule has 0 spiro atoms. The molecule has 2 amide bonds. The van der Waals surface area contributed by atoms with E-state index in [1.54, 1.807) is 4.90 Å². The molecule has 2 saturated heterocycles. The van der Waals surface area contributed by atoms with Crippen LogP contribution in [0.1, 0.15) is 24.8 Å². The number of imide groups is 1. The molecule has 1 N–H and O–H groups in total. The monoisotopic (exact) mass is 404 g/mol. The quantitative estimate of drug-likeness (QED) is 0.784. The summed E-state index contributed by atoms with van der Waals surface area (Å²) in [5, 5.41) is 8.52. The Hall–Kier alpha value is -2.13. The fourth-order valence-electron chi connectivity index (χ4n) is 3.50. The predicted octanol–water partition coefficient (Wildman–Crippen LogP) is 2.79. The van der Waals surface area contributed by atoms with Crippen molar-refractivity contribution in [3.05, 3.63) is 28.8 Å². The second kappa shape index (κ2) is 7.12. The first kappa shape index (κ1) is 19.6. The second-order valence-corrected chi connectivity index (χ2v) is 7.00. The lowest BCUT2D eigenvalue weighted by molar-refractivity contribution is -0.143. The Morgan fingerprint density at radius 2 is 1.81 bits per heavy atom. The summed E-state index contributed by atoms with van der Waals surface area (Å²) in [5.41, 5.74) is -1.29. The number of amides is 2. The molecule has 2 aliphatic heterocycles. The van der Waals surface area contributed by atoms with Crippen LogP contribution in [0.4, 0.5) is 18.9 Å². The third-order valence-electron chi connectivity index (χ3n) is 4.96. The van der Waals surface area contributed by atoms with Crippen LogP contribution in [0.25, 0.3) is 0 Å². The van der Waals surface area contributed by atoms with Gasteiger partial charge in [0.2, 0.25) is 5.91 Å². The summed E-state index contributed by atoms with van der Waals surface area (Å²) in [6.07, 6.45) is -4.16. The van der Waals surface area contributed by atoms with E-state index >= 15 is 0 Å². The number of rotatable bonds is 3. The first-order chi connectivity index (χ1) is 12.6. The highest BCUT2D eigenvalue weighted by Gasteiger charge is 2.44. The van der Waals surface area contributed by atoms with E-state index in [0.717, 1.165) is 11.0 Å². The van der Waals surface area contributed by atoms with Crippen LogP contribution in [0.15, 0.2) is 18.2 Å². The molecule has 1 aromatic rings. The van der Waals surface area contributed by atoms with Crippen molar-refractivity contribution < 1.29 is 32.7 Å². The Balaban J connectivity index is 1.80. The lowest BCUT2D eigenvalue weighted by atomic mass is 9.96. The molecule has 1 atom stereocenters. The van der Waals surface area contributed by atoms with E-state index in [9.17, 15) is 27.6 Å². The number of carboxylic acids is 1. The summed E-state index contributed by atoms with van der Waals surface area (Å²) in [6.45, 7) is 0.672. The average molecular weight is 405 g/mol. The fourth-order valence-corrected chi connectivity index (χ4v) is 3.72. The van der Waals surface area contributed by atoms with Gasteiger partial charge in [0.25, 0.3) is 5.91 Å². The minimum absolute atomic E-state index is 0.152. The van der Waals surface area contributed by atoms with Crippen LogP contribution < -0.4 is 4.90 Å². The zero-order valence-corrected chi connectivity index (χ0v) is 14.8. The van der Waals surface area contributed by atoms with Gasteiger partial charge in [-0.25, -0.2) is 4.90 Å². The van der Waals surface area contributed by atoms with Crippen molar-refractivity contribution in [1.82, 2.24) is 4.90 Å². The molecule has 1 aromatic carbocycles. The Bertz CT molecular complexity index is 791. The number of hydrogen-bond donors (Lipinski definition) is 1. The largest absolute Gasteiger partial charge is 0.481 e. The van der Waals surface area contributed by atoms with Crippen LogP contribution in [-0.4, -0.2) is 46.9 Å². The lowest BCUT2D eigenvalue weighted by Gasteiger charge is -2.33. The summed E-state index contributed by atoms with van der Waals surface area (Å²) in [4.78, 5) is 38.5. The Kier molecular flexibility index (Phi) is 5.18.